The van der Waals surface area contributed by atoms with Gasteiger partial charge >= 0.3 is 0 Å². The quantitative estimate of drug-likeness (QED) is 0.277. The molecule has 6 heteroatoms. The minimum atomic E-state index is 0. The fourth-order valence-corrected chi connectivity index (χ4v) is 2.66. The van der Waals surface area contributed by atoms with E-state index in [0.717, 1.165) is 44.8 Å². The summed E-state index contributed by atoms with van der Waals surface area (Å²) in [4.78, 5) is 6.70. The molecule has 1 fully saturated rings. The first-order chi connectivity index (χ1) is 9.77. The number of hydrogen-bond donors (Lipinski definition) is 2. The van der Waals surface area contributed by atoms with Gasteiger partial charge in [0, 0.05) is 39.3 Å². The topological polar surface area (TPSA) is 48.9 Å². The van der Waals surface area contributed by atoms with Crippen LogP contribution in [0, 0.1) is 0 Å². The van der Waals surface area contributed by atoms with Gasteiger partial charge in [0.1, 0.15) is 0 Å². The molecule has 0 saturated heterocycles. The minimum Gasteiger partial charge on any atom is -0.380 e. The average molecular weight is 412 g/mol. The van der Waals surface area contributed by atoms with Crippen molar-refractivity contribution in [3.8, 4) is 0 Å². The highest BCUT2D eigenvalue weighted by Gasteiger charge is 2.17. The summed E-state index contributed by atoms with van der Waals surface area (Å²) in [7, 11) is 4.05. The third-order valence-electron chi connectivity index (χ3n) is 3.92. The lowest BCUT2D eigenvalue weighted by molar-refractivity contribution is 0.152. The number of rotatable bonds is 8. The maximum absolute atomic E-state index is 5.30. The minimum absolute atomic E-state index is 0. The van der Waals surface area contributed by atoms with Gasteiger partial charge in [0.05, 0.1) is 6.61 Å². The summed E-state index contributed by atoms with van der Waals surface area (Å²) < 4.78 is 5.30. The molecular formula is C15H33IN4O. The van der Waals surface area contributed by atoms with Gasteiger partial charge in [0.15, 0.2) is 5.96 Å². The van der Waals surface area contributed by atoms with Crippen molar-refractivity contribution in [2.24, 2.45) is 4.99 Å². The SMILES string of the molecule is CCOCCNC(=NC)NCCN(C)C1CCCCC1.I. The Kier molecular flexibility index (Phi) is 13.5. The van der Waals surface area contributed by atoms with E-state index in [9.17, 15) is 0 Å². The van der Waals surface area contributed by atoms with Crippen LogP contribution in [0.5, 0.6) is 0 Å². The van der Waals surface area contributed by atoms with Crippen LogP contribution < -0.4 is 10.6 Å². The van der Waals surface area contributed by atoms with Crippen LogP contribution in [0.2, 0.25) is 0 Å². The van der Waals surface area contributed by atoms with Crippen molar-refractivity contribution < 1.29 is 4.74 Å². The Morgan fingerprint density at radius 1 is 1.19 bits per heavy atom. The van der Waals surface area contributed by atoms with E-state index in [1.165, 1.54) is 32.1 Å². The highest BCUT2D eigenvalue weighted by Crippen LogP contribution is 2.21. The molecule has 0 heterocycles. The van der Waals surface area contributed by atoms with Crippen LogP contribution in [0.4, 0.5) is 0 Å². The average Bonchev–Trinajstić information content (AvgIpc) is 2.50. The van der Waals surface area contributed by atoms with Crippen molar-refractivity contribution in [3.63, 3.8) is 0 Å². The van der Waals surface area contributed by atoms with Gasteiger partial charge in [-0.1, -0.05) is 19.3 Å². The molecule has 0 radical (unpaired) electrons. The van der Waals surface area contributed by atoms with E-state index in [1.54, 1.807) is 7.05 Å². The maximum Gasteiger partial charge on any atom is 0.191 e. The lowest BCUT2D eigenvalue weighted by Gasteiger charge is -2.31. The third kappa shape index (κ3) is 9.52. The number of likely N-dealkylation sites (N-methyl/N-ethyl adjacent to an activating group) is 1. The predicted molar refractivity (Wildman–Crippen MR) is 101 cm³/mol. The summed E-state index contributed by atoms with van der Waals surface area (Å²) in [5.74, 6) is 0.863. The van der Waals surface area contributed by atoms with Gasteiger partial charge < -0.3 is 20.3 Å². The summed E-state index contributed by atoms with van der Waals surface area (Å²) >= 11 is 0. The van der Waals surface area contributed by atoms with E-state index in [-0.39, 0.29) is 24.0 Å². The first-order valence-corrected chi connectivity index (χ1v) is 8.00. The van der Waals surface area contributed by atoms with Crippen LogP contribution >= 0.6 is 24.0 Å². The van der Waals surface area contributed by atoms with Crippen molar-refractivity contribution in [1.82, 2.24) is 15.5 Å². The van der Waals surface area contributed by atoms with Crippen LogP contribution in [-0.4, -0.2) is 63.8 Å². The van der Waals surface area contributed by atoms with E-state index >= 15 is 0 Å². The van der Waals surface area contributed by atoms with Gasteiger partial charge in [-0.15, -0.1) is 24.0 Å². The third-order valence-corrected chi connectivity index (χ3v) is 3.92. The molecule has 126 valence electrons. The standard InChI is InChI=1S/C15H32N4O.HI/c1-4-20-13-11-18-15(16-2)17-10-12-19(3)14-8-6-5-7-9-14;/h14H,4-13H2,1-3H3,(H2,16,17,18);1H. The first-order valence-electron chi connectivity index (χ1n) is 8.00. The van der Waals surface area contributed by atoms with Crippen molar-refractivity contribution >= 4 is 29.9 Å². The lowest BCUT2D eigenvalue weighted by Crippen LogP contribution is -2.44. The zero-order valence-electron chi connectivity index (χ0n) is 13.9. The highest BCUT2D eigenvalue weighted by molar-refractivity contribution is 14.0. The number of guanidine groups is 1. The summed E-state index contributed by atoms with van der Waals surface area (Å²) in [6, 6.07) is 0.776. The molecule has 0 bridgehead atoms. The van der Waals surface area contributed by atoms with Gasteiger partial charge in [0.25, 0.3) is 0 Å². The summed E-state index contributed by atoms with van der Waals surface area (Å²) in [6.07, 6.45) is 6.92. The zero-order chi connectivity index (χ0) is 14.6. The second kappa shape index (κ2) is 13.6. The van der Waals surface area contributed by atoms with Gasteiger partial charge in [-0.25, -0.2) is 0 Å². The highest BCUT2D eigenvalue weighted by atomic mass is 127. The van der Waals surface area contributed by atoms with E-state index in [1.807, 2.05) is 6.92 Å². The molecule has 0 amide bonds. The van der Waals surface area contributed by atoms with Crippen molar-refractivity contribution in [2.45, 2.75) is 45.1 Å². The van der Waals surface area contributed by atoms with Gasteiger partial charge in [-0.05, 0) is 26.8 Å². The Morgan fingerprint density at radius 3 is 2.48 bits per heavy atom. The predicted octanol–water partition coefficient (Wildman–Crippen LogP) is 2.07. The van der Waals surface area contributed by atoms with Crippen LogP contribution in [0.15, 0.2) is 4.99 Å². The van der Waals surface area contributed by atoms with Crippen LogP contribution in [0.3, 0.4) is 0 Å². The smallest absolute Gasteiger partial charge is 0.191 e. The largest absolute Gasteiger partial charge is 0.380 e. The molecular weight excluding hydrogens is 379 g/mol. The fourth-order valence-electron chi connectivity index (χ4n) is 2.66. The number of hydrogen-bond acceptors (Lipinski definition) is 3. The number of halogens is 1. The molecule has 5 nitrogen and oxygen atoms in total. The van der Waals surface area contributed by atoms with Gasteiger partial charge in [0.2, 0.25) is 0 Å². The second-order valence-electron chi connectivity index (χ2n) is 5.40. The van der Waals surface area contributed by atoms with E-state index < -0.39 is 0 Å². The molecule has 0 aliphatic heterocycles. The molecule has 1 aliphatic rings. The van der Waals surface area contributed by atoms with Crippen molar-refractivity contribution in [1.29, 1.82) is 0 Å². The monoisotopic (exact) mass is 412 g/mol. The summed E-state index contributed by atoms with van der Waals surface area (Å²) in [5, 5.41) is 6.61. The Balaban J connectivity index is 0.00000400. The Labute approximate surface area is 147 Å². The molecule has 21 heavy (non-hydrogen) atoms. The molecule has 0 aromatic rings. The van der Waals surface area contributed by atoms with Crippen LogP contribution in [-0.2, 0) is 4.74 Å². The molecule has 0 atom stereocenters. The van der Waals surface area contributed by atoms with E-state index in [0.29, 0.717) is 0 Å². The molecule has 2 N–H and O–H groups in total. The molecule has 0 aromatic carbocycles. The second-order valence-corrected chi connectivity index (χ2v) is 5.40. The zero-order valence-corrected chi connectivity index (χ0v) is 16.2. The number of nitrogens with zero attached hydrogens (tertiary/aromatic N) is 2. The summed E-state index contributed by atoms with van der Waals surface area (Å²) in [5.41, 5.74) is 0. The normalized spacial score (nSPS) is 16.7. The number of ether oxygens (including phenoxy) is 1. The van der Waals surface area contributed by atoms with E-state index in [2.05, 4.69) is 27.6 Å². The van der Waals surface area contributed by atoms with Gasteiger partial charge in [-0.3, -0.25) is 4.99 Å². The molecule has 1 saturated carbocycles. The number of nitrogens with one attached hydrogen (secondary N) is 2. The number of aliphatic imine (C=N–C) groups is 1. The van der Waals surface area contributed by atoms with E-state index in [4.69, 9.17) is 4.74 Å². The van der Waals surface area contributed by atoms with Crippen molar-refractivity contribution in [2.75, 3.05) is 46.9 Å². The molecule has 0 aromatic heterocycles. The molecule has 1 aliphatic carbocycles. The maximum atomic E-state index is 5.30. The van der Waals surface area contributed by atoms with Crippen LogP contribution in [0.25, 0.3) is 0 Å². The fraction of sp³-hybridized carbons (Fsp3) is 0.933. The first kappa shape index (κ1) is 20.9. The molecule has 1 rings (SSSR count). The lowest BCUT2D eigenvalue weighted by atomic mass is 9.94. The Morgan fingerprint density at radius 2 is 1.86 bits per heavy atom. The van der Waals surface area contributed by atoms with Gasteiger partial charge in [-0.2, -0.15) is 0 Å². The molecule has 0 unspecified atom stereocenters. The Bertz CT molecular complexity index is 270. The van der Waals surface area contributed by atoms with Crippen molar-refractivity contribution in [3.05, 3.63) is 0 Å². The summed E-state index contributed by atoms with van der Waals surface area (Å²) in [6.45, 7) is 6.29. The van der Waals surface area contributed by atoms with Crippen LogP contribution in [0.1, 0.15) is 39.0 Å². The Hall–Kier alpha value is -0.0800. The molecule has 0 spiro atoms.